The van der Waals surface area contributed by atoms with Crippen LogP contribution in [0.5, 0.6) is 0 Å². The number of hydrogen-bond acceptors (Lipinski definition) is 2. The summed E-state index contributed by atoms with van der Waals surface area (Å²) >= 11 is 10.5. The lowest BCUT2D eigenvalue weighted by Gasteiger charge is -2.17. The van der Waals surface area contributed by atoms with Crippen LogP contribution in [0.25, 0.3) is 0 Å². The number of hydrogen-bond donors (Lipinski definition) is 1. The van der Waals surface area contributed by atoms with Gasteiger partial charge in [-0.05, 0) is 50.2 Å². The van der Waals surface area contributed by atoms with E-state index in [1.165, 1.54) is 6.07 Å². The van der Waals surface area contributed by atoms with Gasteiger partial charge in [0.15, 0.2) is 0 Å². The highest BCUT2D eigenvalue weighted by Crippen LogP contribution is 2.35. The van der Waals surface area contributed by atoms with Crippen LogP contribution < -0.4 is 5.32 Å². The molecule has 0 spiro atoms. The van der Waals surface area contributed by atoms with Crippen molar-refractivity contribution in [3.63, 3.8) is 0 Å². The highest BCUT2D eigenvalue weighted by molar-refractivity contribution is 7.80. The molecule has 0 saturated carbocycles. The highest BCUT2D eigenvalue weighted by atomic mass is 35.5. The second kappa shape index (κ2) is 7.13. The molecule has 0 aromatic heterocycles. The van der Waals surface area contributed by atoms with Gasteiger partial charge < -0.3 is 10.1 Å². The average Bonchev–Trinajstić information content (AvgIpc) is 2.30. The van der Waals surface area contributed by atoms with Crippen molar-refractivity contribution in [2.75, 3.05) is 6.61 Å². The topological polar surface area (TPSA) is 21.3 Å². The Morgan fingerprint density at radius 2 is 2.10 bits per heavy atom. The Morgan fingerprint density at radius 3 is 2.65 bits per heavy atom. The summed E-state index contributed by atoms with van der Waals surface area (Å²) in [5.74, 6) is 0. The van der Waals surface area contributed by atoms with E-state index in [9.17, 15) is 13.2 Å². The van der Waals surface area contributed by atoms with Gasteiger partial charge in [0.1, 0.15) is 0 Å². The predicted octanol–water partition coefficient (Wildman–Crippen LogP) is 4.20. The lowest BCUT2D eigenvalue weighted by molar-refractivity contribution is -0.137. The lowest BCUT2D eigenvalue weighted by Crippen LogP contribution is -2.34. The molecule has 1 unspecified atom stereocenters. The number of ether oxygens (including phenoxy) is 1. The first-order valence-corrected chi connectivity index (χ1v) is 6.81. The van der Waals surface area contributed by atoms with Crippen LogP contribution in [-0.4, -0.2) is 17.8 Å². The van der Waals surface area contributed by atoms with Crippen molar-refractivity contribution in [2.24, 2.45) is 0 Å². The Hall–Kier alpha value is -1.01. The van der Waals surface area contributed by atoms with Crippen molar-refractivity contribution in [3.8, 4) is 0 Å². The first kappa shape index (κ1) is 17.0. The molecule has 0 heterocycles. The molecule has 0 aliphatic rings. The van der Waals surface area contributed by atoms with Crippen LogP contribution in [0.15, 0.2) is 18.2 Å². The molecule has 0 fully saturated rings. The summed E-state index contributed by atoms with van der Waals surface area (Å²) in [5.41, 5.74) is -0.294. The standard InChI is InChI=1S/C13H15ClF3NOS/c1-3-19-12(20)18-8(2)6-9-4-5-11(14)10(7-9)13(15,16)17/h4-5,7-8H,3,6H2,1-2H3,(H,18,20). The van der Waals surface area contributed by atoms with Crippen LogP contribution in [0.1, 0.15) is 25.0 Å². The quantitative estimate of drug-likeness (QED) is 0.838. The fourth-order valence-electron chi connectivity index (χ4n) is 1.70. The Morgan fingerprint density at radius 1 is 1.45 bits per heavy atom. The smallest absolute Gasteiger partial charge is 0.417 e. The van der Waals surface area contributed by atoms with Gasteiger partial charge >= 0.3 is 6.18 Å². The van der Waals surface area contributed by atoms with Gasteiger partial charge in [0.05, 0.1) is 17.2 Å². The molecule has 0 amide bonds. The van der Waals surface area contributed by atoms with E-state index in [1.807, 2.05) is 6.92 Å². The van der Waals surface area contributed by atoms with Crippen LogP contribution in [0, 0.1) is 0 Å². The van der Waals surface area contributed by atoms with Gasteiger partial charge in [0, 0.05) is 6.04 Å². The molecule has 1 aromatic rings. The molecule has 7 heteroatoms. The van der Waals surface area contributed by atoms with Gasteiger partial charge in [-0.1, -0.05) is 17.7 Å². The highest BCUT2D eigenvalue weighted by Gasteiger charge is 2.33. The van der Waals surface area contributed by atoms with E-state index in [0.29, 0.717) is 18.6 Å². The van der Waals surface area contributed by atoms with E-state index in [4.69, 9.17) is 28.6 Å². The molecule has 0 saturated heterocycles. The molecule has 112 valence electrons. The molecule has 1 aromatic carbocycles. The Kier molecular flexibility index (Phi) is 6.07. The molecule has 0 aliphatic heterocycles. The minimum atomic E-state index is -4.45. The lowest BCUT2D eigenvalue weighted by atomic mass is 10.0. The monoisotopic (exact) mass is 325 g/mol. The van der Waals surface area contributed by atoms with Crippen LogP contribution in [0.4, 0.5) is 13.2 Å². The summed E-state index contributed by atoms with van der Waals surface area (Å²) < 4.78 is 43.3. The predicted molar refractivity (Wildman–Crippen MR) is 77.0 cm³/mol. The summed E-state index contributed by atoms with van der Waals surface area (Å²) in [6.45, 7) is 4.05. The summed E-state index contributed by atoms with van der Waals surface area (Å²) in [7, 11) is 0. The van der Waals surface area contributed by atoms with Crippen LogP contribution in [-0.2, 0) is 17.3 Å². The minimum absolute atomic E-state index is 0.142. The molecule has 1 N–H and O–H groups in total. The number of halogens is 4. The second-order valence-electron chi connectivity index (χ2n) is 4.28. The maximum absolute atomic E-state index is 12.7. The van der Waals surface area contributed by atoms with Gasteiger partial charge in [0.2, 0.25) is 0 Å². The third-order valence-corrected chi connectivity index (χ3v) is 3.08. The molecule has 1 atom stereocenters. The van der Waals surface area contributed by atoms with E-state index in [2.05, 4.69) is 5.32 Å². The number of thiocarbonyl (C=S) groups is 1. The van der Waals surface area contributed by atoms with Crippen molar-refractivity contribution in [1.82, 2.24) is 5.32 Å². The third-order valence-electron chi connectivity index (χ3n) is 2.52. The Bertz CT molecular complexity index is 479. The first-order valence-electron chi connectivity index (χ1n) is 6.03. The van der Waals surface area contributed by atoms with Crippen LogP contribution >= 0.6 is 23.8 Å². The normalized spacial score (nSPS) is 12.9. The maximum atomic E-state index is 12.7. The zero-order valence-electron chi connectivity index (χ0n) is 11.1. The summed E-state index contributed by atoms with van der Waals surface area (Å²) in [6, 6.07) is 3.74. The molecule has 1 rings (SSSR count). The SMILES string of the molecule is CCOC(=S)NC(C)Cc1ccc(Cl)c(C(F)(F)F)c1. The maximum Gasteiger partial charge on any atom is 0.417 e. The number of benzene rings is 1. The Labute approximate surface area is 126 Å². The second-order valence-corrected chi connectivity index (χ2v) is 5.06. The molecule has 2 nitrogen and oxygen atoms in total. The number of rotatable bonds is 4. The van der Waals surface area contributed by atoms with Gasteiger partial charge in [-0.2, -0.15) is 13.2 Å². The molecular formula is C13H15ClF3NOS. The summed E-state index contributed by atoms with van der Waals surface area (Å²) in [5, 5.41) is 2.84. The zero-order valence-corrected chi connectivity index (χ0v) is 12.6. The fourth-order valence-corrected chi connectivity index (χ4v) is 2.24. The summed E-state index contributed by atoms with van der Waals surface area (Å²) in [4.78, 5) is 0. The van der Waals surface area contributed by atoms with Crippen molar-refractivity contribution in [1.29, 1.82) is 0 Å². The van der Waals surface area contributed by atoms with E-state index < -0.39 is 11.7 Å². The van der Waals surface area contributed by atoms with Gasteiger partial charge in [-0.3, -0.25) is 0 Å². The van der Waals surface area contributed by atoms with Gasteiger partial charge in [-0.25, -0.2) is 0 Å². The molecule has 0 aliphatic carbocycles. The number of alkyl halides is 3. The van der Waals surface area contributed by atoms with E-state index in [1.54, 1.807) is 13.0 Å². The largest absolute Gasteiger partial charge is 0.471 e. The van der Waals surface area contributed by atoms with Crippen molar-refractivity contribution in [2.45, 2.75) is 32.5 Å². The molecule has 0 bridgehead atoms. The summed E-state index contributed by atoms with van der Waals surface area (Å²) in [6.07, 6.45) is -4.07. The minimum Gasteiger partial charge on any atom is -0.471 e. The third kappa shape index (κ3) is 5.17. The fraction of sp³-hybridized carbons (Fsp3) is 0.462. The molecule has 20 heavy (non-hydrogen) atoms. The molecular weight excluding hydrogens is 311 g/mol. The van der Waals surface area contributed by atoms with Crippen molar-refractivity contribution < 1.29 is 17.9 Å². The van der Waals surface area contributed by atoms with Crippen LogP contribution in [0.2, 0.25) is 5.02 Å². The Balaban J connectivity index is 2.76. The van der Waals surface area contributed by atoms with Gasteiger partial charge in [-0.15, -0.1) is 0 Å². The average molecular weight is 326 g/mol. The van der Waals surface area contributed by atoms with Crippen LogP contribution in [0.3, 0.4) is 0 Å². The van der Waals surface area contributed by atoms with E-state index in [-0.39, 0.29) is 16.2 Å². The van der Waals surface area contributed by atoms with Crippen molar-refractivity contribution in [3.05, 3.63) is 34.3 Å². The van der Waals surface area contributed by atoms with Gasteiger partial charge in [0.25, 0.3) is 5.17 Å². The van der Waals surface area contributed by atoms with Crippen molar-refractivity contribution >= 4 is 29.0 Å². The number of nitrogens with one attached hydrogen (secondary N) is 1. The van der Waals surface area contributed by atoms with E-state index >= 15 is 0 Å². The zero-order chi connectivity index (χ0) is 15.3. The molecule has 0 radical (unpaired) electrons. The van der Waals surface area contributed by atoms with E-state index in [0.717, 1.165) is 6.07 Å². The first-order chi connectivity index (χ1) is 9.24.